The summed E-state index contributed by atoms with van der Waals surface area (Å²) in [4.78, 5) is 4.79. The average molecular weight is 199 g/mol. The standard InChI is InChI=1S/C11H25N3/c1-10(12)8-14-6-4-11(5-7-14)9-13(2)3/h10-11H,4-9,12H2,1-3H3/t10-/m1/s1. The summed E-state index contributed by atoms with van der Waals surface area (Å²) >= 11 is 0. The van der Waals surface area contributed by atoms with Crippen LogP contribution in [-0.2, 0) is 0 Å². The van der Waals surface area contributed by atoms with Crippen molar-refractivity contribution in [3.05, 3.63) is 0 Å². The Balaban J connectivity index is 2.17. The highest BCUT2D eigenvalue weighted by Gasteiger charge is 2.19. The Morgan fingerprint density at radius 3 is 2.36 bits per heavy atom. The molecule has 1 aliphatic heterocycles. The van der Waals surface area contributed by atoms with Crippen LogP contribution in [0.25, 0.3) is 0 Å². The van der Waals surface area contributed by atoms with Crippen LogP contribution in [0.4, 0.5) is 0 Å². The first-order chi connectivity index (χ1) is 6.58. The van der Waals surface area contributed by atoms with E-state index in [2.05, 4.69) is 30.8 Å². The van der Waals surface area contributed by atoms with Crippen molar-refractivity contribution in [3.63, 3.8) is 0 Å². The van der Waals surface area contributed by atoms with Crippen LogP contribution in [0.15, 0.2) is 0 Å². The maximum atomic E-state index is 5.79. The first-order valence-electron chi connectivity index (χ1n) is 5.70. The Labute approximate surface area is 88.2 Å². The molecule has 0 radical (unpaired) electrons. The third-order valence-electron chi connectivity index (χ3n) is 2.88. The molecule has 0 aliphatic carbocycles. The molecule has 1 atom stereocenters. The second kappa shape index (κ2) is 5.69. The van der Waals surface area contributed by atoms with Gasteiger partial charge in [0, 0.05) is 19.1 Å². The van der Waals surface area contributed by atoms with Crippen molar-refractivity contribution in [2.45, 2.75) is 25.8 Å². The molecule has 2 N–H and O–H groups in total. The van der Waals surface area contributed by atoms with Crippen LogP contribution >= 0.6 is 0 Å². The molecule has 0 unspecified atom stereocenters. The van der Waals surface area contributed by atoms with Crippen molar-refractivity contribution < 1.29 is 0 Å². The first kappa shape index (κ1) is 12.0. The molecule has 1 fully saturated rings. The Hall–Kier alpha value is -0.120. The summed E-state index contributed by atoms with van der Waals surface area (Å²) in [6.45, 7) is 6.87. The van der Waals surface area contributed by atoms with E-state index in [0.29, 0.717) is 6.04 Å². The third-order valence-corrected chi connectivity index (χ3v) is 2.88. The third kappa shape index (κ3) is 4.40. The molecule has 1 heterocycles. The molecule has 0 aromatic carbocycles. The highest BCUT2D eigenvalue weighted by atomic mass is 15.1. The van der Waals surface area contributed by atoms with E-state index in [1.807, 2.05) is 0 Å². The van der Waals surface area contributed by atoms with Gasteiger partial charge in [-0.1, -0.05) is 0 Å². The predicted octanol–water partition coefficient (Wildman–Crippen LogP) is 0.607. The van der Waals surface area contributed by atoms with Crippen molar-refractivity contribution in [3.8, 4) is 0 Å². The quantitative estimate of drug-likeness (QED) is 0.720. The van der Waals surface area contributed by atoms with Gasteiger partial charge in [-0.15, -0.1) is 0 Å². The molecule has 14 heavy (non-hydrogen) atoms. The molecule has 84 valence electrons. The van der Waals surface area contributed by atoms with Crippen molar-refractivity contribution in [1.82, 2.24) is 9.80 Å². The fraction of sp³-hybridized carbons (Fsp3) is 1.00. The van der Waals surface area contributed by atoms with Gasteiger partial charge < -0.3 is 15.5 Å². The molecular weight excluding hydrogens is 174 g/mol. The number of piperidine rings is 1. The van der Waals surface area contributed by atoms with Gasteiger partial charge in [0.05, 0.1) is 0 Å². The van der Waals surface area contributed by atoms with Crippen LogP contribution in [0.5, 0.6) is 0 Å². The van der Waals surface area contributed by atoms with E-state index < -0.39 is 0 Å². The Morgan fingerprint density at radius 1 is 1.36 bits per heavy atom. The van der Waals surface area contributed by atoms with Crippen molar-refractivity contribution in [2.24, 2.45) is 11.7 Å². The molecule has 0 bridgehead atoms. The molecule has 0 aromatic heterocycles. The monoisotopic (exact) mass is 199 g/mol. The number of nitrogens with zero attached hydrogens (tertiary/aromatic N) is 2. The van der Waals surface area contributed by atoms with Crippen LogP contribution in [0, 0.1) is 5.92 Å². The SMILES string of the molecule is C[C@@H](N)CN1CCC(CN(C)C)CC1. The summed E-state index contributed by atoms with van der Waals surface area (Å²) in [5.41, 5.74) is 5.79. The summed E-state index contributed by atoms with van der Waals surface area (Å²) in [6, 6.07) is 0.320. The van der Waals surface area contributed by atoms with E-state index in [0.717, 1.165) is 12.5 Å². The van der Waals surface area contributed by atoms with Gasteiger partial charge in [0.1, 0.15) is 0 Å². The van der Waals surface area contributed by atoms with Gasteiger partial charge >= 0.3 is 0 Å². The molecule has 1 rings (SSSR count). The van der Waals surface area contributed by atoms with Gasteiger partial charge in [-0.05, 0) is 52.9 Å². The van der Waals surface area contributed by atoms with E-state index in [1.54, 1.807) is 0 Å². The normalized spacial score (nSPS) is 22.9. The minimum Gasteiger partial charge on any atom is -0.327 e. The minimum atomic E-state index is 0.320. The van der Waals surface area contributed by atoms with Gasteiger partial charge in [-0.2, -0.15) is 0 Å². The zero-order valence-electron chi connectivity index (χ0n) is 9.87. The summed E-state index contributed by atoms with van der Waals surface area (Å²) in [5.74, 6) is 0.898. The molecule has 0 amide bonds. The highest BCUT2D eigenvalue weighted by molar-refractivity contribution is 4.75. The molecule has 0 saturated carbocycles. The van der Waals surface area contributed by atoms with E-state index in [1.165, 1.54) is 32.5 Å². The highest BCUT2D eigenvalue weighted by Crippen LogP contribution is 2.17. The van der Waals surface area contributed by atoms with Crippen LogP contribution in [0.1, 0.15) is 19.8 Å². The molecule has 3 heteroatoms. The largest absolute Gasteiger partial charge is 0.327 e. The van der Waals surface area contributed by atoms with E-state index in [9.17, 15) is 0 Å². The van der Waals surface area contributed by atoms with Crippen molar-refractivity contribution >= 4 is 0 Å². The smallest absolute Gasteiger partial charge is 0.0139 e. The van der Waals surface area contributed by atoms with Crippen LogP contribution in [-0.4, -0.2) is 56.1 Å². The fourth-order valence-corrected chi connectivity index (χ4v) is 2.28. The average Bonchev–Trinajstić information content (AvgIpc) is 2.06. The second-order valence-electron chi connectivity index (χ2n) is 4.98. The zero-order chi connectivity index (χ0) is 10.6. The minimum absolute atomic E-state index is 0.320. The number of likely N-dealkylation sites (tertiary alicyclic amines) is 1. The summed E-state index contributed by atoms with van der Waals surface area (Å²) in [7, 11) is 4.32. The van der Waals surface area contributed by atoms with E-state index >= 15 is 0 Å². The summed E-state index contributed by atoms with van der Waals surface area (Å²) in [6.07, 6.45) is 2.68. The van der Waals surface area contributed by atoms with E-state index in [-0.39, 0.29) is 0 Å². The van der Waals surface area contributed by atoms with Crippen molar-refractivity contribution in [1.29, 1.82) is 0 Å². The molecule has 0 spiro atoms. The molecule has 0 aromatic rings. The maximum Gasteiger partial charge on any atom is 0.0139 e. The lowest BCUT2D eigenvalue weighted by Crippen LogP contribution is -2.42. The summed E-state index contributed by atoms with van der Waals surface area (Å²) < 4.78 is 0. The van der Waals surface area contributed by atoms with Gasteiger partial charge in [0.25, 0.3) is 0 Å². The number of nitrogens with two attached hydrogens (primary N) is 1. The Bertz CT molecular complexity index is 131. The Kier molecular flexibility index (Phi) is 4.85. The number of rotatable bonds is 4. The molecule has 3 nitrogen and oxygen atoms in total. The number of hydrogen-bond donors (Lipinski definition) is 1. The van der Waals surface area contributed by atoms with Gasteiger partial charge in [-0.3, -0.25) is 0 Å². The van der Waals surface area contributed by atoms with Gasteiger partial charge in [0.15, 0.2) is 0 Å². The Morgan fingerprint density at radius 2 is 1.93 bits per heavy atom. The van der Waals surface area contributed by atoms with Crippen LogP contribution in [0.3, 0.4) is 0 Å². The topological polar surface area (TPSA) is 32.5 Å². The molecular formula is C11H25N3. The second-order valence-corrected chi connectivity index (χ2v) is 4.98. The number of hydrogen-bond acceptors (Lipinski definition) is 3. The van der Waals surface area contributed by atoms with E-state index in [4.69, 9.17) is 5.73 Å². The maximum absolute atomic E-state index is 5.79. The van der Waals surface area contributed by atoms with Crippen LogP contribution in [0.2, 0.25) is 0 Å². The van der Waals surface area contributed by atoms with Crippen LogP contribution < -0.4 is 5.73 Å². The molecule has 1 aliphatic rings. The lowest BCUT2D eigenvalue weighted by Gasteiger charge is -2.33. The predicted molar refractivity (Wildman–Crippen MR) is 61.4 cm³/mol. The molecule has 1 saturated heterocycles. The first-order valence-corrected chi connectivity index (χ1v) is 5.70. The summed E-state index contributed by atoms with van der Waals surface area (Å²) in [5, 5.41) is 0. The fourth-order valence-electron chi connectivity index (χ4n) is 2.28. The lowest BCUT2D eigenvalue weighted by molar-refractivity contribution is 0.158. The van der Waals surface area contributed by atoms with Gasteiger partial charge in [-0.25, -0.2) is 0 Å². The lowest BCUT2D eigenvalue weighted by atomic mass is 9.96. The van der Waals surface area contributed by atoms with Crippen molar-refractivity contribution in [2.75, 3.05) is 40.3 Å². The van der Waals surface area contributed by atoms with Gasteiger partial charge in [0.2, 0.25) is 0 Å². The zero-order valence-corrected chi connectivity index (χ0v) is 9.87.